The molecule has 0 radical (unpaired) electrons. The van der Waals surface area contributed by atoms with Gasteiger partial charge in [-0.15, -0.1) is 0 Å². The van der Waals surface area contributed by atoms with E-state index in [1.54, 1.807) is 0 Å². The molecule has 5 aromatic carbocycles. The Morgan fingerprint density at radius 1 is 0.360 bits per heavy atom. The van der Waals surface area contributed by atoms with Crippen LogP contribution in [0.25, 0.3) is 0 Å². The van der Waals surface area contributed by atoms with Crippen LogP contribution in [0, 0.1) is 39.5 Å². The minimum Gasteiger partial charge on any atom is -0.343 e. The van der Waals surface area contributed by atoms with Gasteiger partial charge in [-0.25, -0.2) is 0 Å². The Bertz CT molecular complexity index is 3770. The van der Waals surface area contributed by atoms with Crippen LogP contribution in [0.5, 0.6) is 0 Å². The van der Waals surface area contributed by atoms with Gasteiger partial charge in [0, 0.05) is 51.6 Å². The van der Waals surface area contributed by atoms with Gasteiger partial charge < -0.3 is 39.2 Å². The SMILES string of the molecule is CC1=C2C=CC(C)(C3CCCC3)N2C(C)N1c1ccccc1C.CC1=C2C=CC(C)(C3CCCCC3)N2C(C)N1c1ccccc1C.CC1=C2C=CC(C)(c3ccccc3)N2C(C)N1c1ccccc1C.[2H]C1(C)C=CC2=C(C)N(c3ccccc3C)C(C)N21. The second kappa shape index (κ2) is 24.3. The zero-order valence-electron chi connectivity index (χ0n) is 57.6. The summed E-state index contributed by atoms with van der Waals surface area (Å²) in [6, 6.07) is 44.8. The summed E-state index contributed by atoms with van der Waals surface area (Å²) in [6.07, 6.45) is 32.1. The largest absolute Gasteiger partial charge is 0.343 e. The summed E-state index contributed by atoms with van der Waals surface area (Å²) in [5.41, 5.74) is 22.8. The zero-order valence-corrected chi connectivity index (χ0v) is 56.6. The Labute approximate surface area is 537 Å². The Kier molecular flexibility index (Phi) is 16.5. The van der Waals surface area contributed by atoms with E-state index in [-0.39, 0.29) is 28.9 Å². The highest BCUT2D eigenvalue weighted by molar-refractivity contribution is 5.67. The number of allylic oxidation sites excluding steroid dienone is 8. The molecular formula is C81H102N8. The number of rotatable bonds is 7. The van der Waals surface area contributed by atoms with Gasteiger partial charge in [0.15, 0.2) is 0 Å². The van der Waals surface area contributed by atoms with E-state index in [9.17, 15) is 0 Å². The summed E-state index contributed by atoms with van der Waals surface area (Å²) in [5, 5.41) is 0. The van der Waals surface area contributed by atoms with E-state index in [2.05, 4.69) is 313 Å². The molecule has 15 rings (SSSR count). The molecule has 0 saturated heterocycles. The van der Waals surface area contributed by atoms with Crippen LogP contribution >= 0.6 is 0 Å². The minimum absolute atomic E-state index is 0.102. The molecule has 89 heavy (non-hydrogen) atoms. The van der Waals surface area contributed by atoms with Gasteiger partial charge in [-0.1, -0.05) is 160 Å². The topological polar surface area (TPSA) is 25.9 Å². The van der Waals surface area contributed by atoms with Crippen molar-refractivity contribution in [3.63, 3.8) is 0 Å². The molecule has 0 spiro atoms. The lowest BCUT2D eigenvalue weighted by Crippen LogP contribution is -2.52. The summed E-state index contributed by atoms with van der Waals surface area (Å²) in [7, 11) is 0. The molecule has 8 atom stereocenters. The molecule has 466 valence electrons. The van der Waals surface area contributed by atoms with Crippen molar-refractivity contribution in [2.75, 3.05) is 19.6 Å². The molecule has 8 unspecified atom stereocenters. The maximum atomic E-state index is 8.42. The second-order valence-electron chi connectivity index (χ2n) is 27.8. The van der Waals surface area contributed by atoms with Crippen LogP contribution in [0.15, 0.2) is 222 Å². The number of hydrogen-bond acceptors (Lipinski definition) is 8. The number of aryl methyl sites for hydroxylation is 4. The summed E-state index contributed by atoms with van der Waals surface area (Å²) in [4.78, 5) is 20.0. The first-order chi connectivity index (χ1) is 43.0. The Morgan fingerprint density at radius 2 is 0.685 bits per heavy atom. The lowest BCUT2D eigenvalue weighted by Gasteiger charge is -2.46. The van der Waals surface area contributed by atoms with Gasteiger partial charge in [-0.05, 0) is 225 Å². The fraction of sp³-hybridized carbons (Fsp3) is 0.432. The van der Waals surface area contributed by atoms with E-state index in [0.717, 1.165) is 11.8 Å². The molecular weight excluding hydrogens is 1080 g/mol. The summed E-state index contributed by atoms with van der Waals surface area (Å²) >= 11 is 0. The molecule has 8 heteroatoms. The third-order valence-electron chi connectivity index (χ3n) is 22.6. The summed E-state index contributed by atoms with van der Waals surface area (Å²) in [6.45, 7) is 36.1. The molecule has 8 aliphatic heterocycles. The predicted molar refractivity (Wildman–Crippen MR) is 376 cm³/mol. The molecule has 2 saturated carbocycles. The van der Waals surface area contributed by atoms with Crippen LogP contribution in [-0.4, -0.2) is 61.4 Å². The Morgan fingerprint density at radius 3 is 1.08 bits per heavy atom. The maximum Gasteiger partial charge on any atom is 0.104 e. The fourth-order valence-electron chi connectivity index (χ4n) is 17.8. The number of hydrogen-bond donors (Lipinski definition) is 0. The van der Waals surface area contributed by atoms with E-state index >= 15 is 0 Å². The normalized spacial score (nSPS) is 29.3. The third-order valence-corrected chi connectivity index (χ3v) is 22.6. The molecule has 0 amide bonds. The highest BCUT2D eigenvalue weighted by Gasteiger charge is 2.52. The van der Waals surface area contributed by atoms with Crippen LogP contribution < -0.4 is 19.6 Å². The van der Waals surface area contributed by atoms with Gasteiger partial charge in [0.2, 0.25) is 0 Å². The minimum atomic E-state index is -0.645. The molecule has 0 bridgehead atoms. The number of benzene rings is 5. The first-order valence-corrected chi connectivity index (χ1v) is 33.8. The average Bonchev–Trinajstić information content (AvgIpc) is 1.78. The van der Waals surface area contributed by atoms with E-state index in [1.165, 1.54) is 154 Å². The molecule has 2 fully saturated rings. The van der Waals surface area contributed by atoms with Crippen molar-refractivity contribution in [1.82, 2.24) is 19.6 Å². The average molecular weight is 1190 g/mol. The highest BCUT2D eigenvalue weighted by Crippen LogP contribution is 2.53. The standard InChI is InChI=1S/C22H30N2.C22H24N2.C21H28N2.C16H20N2/c2*1-16-10-8-9-13-20(16)23-17(2)21-14-15-22(4,24(21)18(23)3)19-11-6-5-7-12-19;1-15-9-5-8-12-19(15)22-16(2)20-13-14-21(4,23(20)17(22)3)18-10-6-7-11-18;1-11-7-5-6-8-15(11)18-13(3)16-10-9-12(2)17(16)14(18)4/h8-10,13-15,18-19H,5-7,11-12H2,1-4H3;5-15,18H,1-4H3;5,8-9,12-14,17-18H,6-7,10-11H2,1-4H3;5-10,12,14H,1-4H3/i;;;12D. The van der Waals surface area contributed by atoms with Crippen molar-refractivity contribution in [3.05, 3.63) is 249 Å². The van der Waals surface area contributed by atoms with Gasteiger partial charge in [0.05, 0.1) is 40.8 Å². The monoisotopic (exact) mass is 1190 g/mol. The molecule has 0 aromatic heterocycles. The van der Waals surface area contributed by atoms with Crippen molar-refractivity contribution in [3.8, 4) is 0 Å². The van der Waals surface area contributed by atoms with Crippen molar-refractivity contribution in [2.24, 2.45) is 11.8 Å². The lowest BCUT2D eigenvalue weighted by atomic mass is 9.75. The van der Waals surface area contributed by atoms with Crippen molar-refractivity contribution in [2.45, 2.75) is 216 Å². The van der Waals surface area contributed by atoms with E-state index in [0.29, 0.717) is 12.3 Å². The zero-order chi connectivity index (χ0) is 63.8. The quantitative estimate of drug-likeness (QED) is 0.159. The predicted octanol–water partition coefficient (Wildman–Crippen LogP) is 19.6. The van der Waals surface area contributed by atoms with Gasteiger partial charge in [-0.2, -0.15) is 0 Å². The maximum absolute atomic E-state index is 8.42. The first kappa shape index (κ1) is 60.3. The third kappa shape index (κ3) is 10.4. The molecule has 10 aliphatic rings. The molecule has 5 aromatic rings. The van der Waals surface area contributed by atoms with Gasteiger partial charge in [0.25, 0.3) is 0 Å². The van der Waals surface area contributed by atoms with Gasteiger partial charge >= 0.3 is 0 Å². The smallest absolute Gasteiger partial charge is 0.104 e. The van der Waals surface area contributed by atoms with Crippen molar-refractivity contribution >= 4 is 22.7 Å². The Balaban J connectivity index is 0.000000117. The van der Waals surface area contributed by atoms with Crippen LogP contribution in [-0.2, 0) is 5.54 Å². The highest BCUT2D eigenvalue weighted by atomic mass is 15.5. The molecule has 0 N–H and O–H groups in total. The number of fused-ring (bicyclic) bond motifs is 4. The van der Waals surface area contributed by atoms with Crippen LogP contribution in [0.2, 0.25) is 0 Å². The Hall–Kier alpha value is -7.58. The van der Waals surface area contributed by atoms with Crippen LogP contribution in [0.1, 0.15) is 170 Å². The van der Waals surface area contributed by atoms with Crippen molar-refractivity contribution in [1.29, 1.82) is 0 Å². The molecule has 8 nitrogen and oxygen atoms in total. The van der Waals surface area contributed by atoms with Crippen molar-refractivity contribution < 1.29 is 1.37 Å². The lowest BCUT2D eigenvalue weighted by molar-refractivity contribution is 0.0931. The van der Waals surface area contributed by atoms with Crippen LogP contribution in [0.4, 0.5) is 22.7 Å². The number of para-hydroxylation sites is 4. The first-order valence-electron chi connectivity index (χ1n) is 34.3. The molecule has 8 heterocycles. The van der Waals surface area contributed by atoms with E-state index in [1.807, 2.05) is 13.0 Å². The fourth-order valence-corrected chi connectivity index (χ4v) is 17.8. The second-order valence-corrected chi connectivity index (χ2v) is 27.8. The number of anilines is 4. The summed E-state index contributed by atoms with van der Waals surface area (Å²) in [5.74, 6) is 1.58. The van der Waals surface area contributed by atoms with Gasteiger partial charge in [-0.3, -0.25) is 0 Å². The van der Waals surface area contributed by atoms with Crippen LogP contribution in [0.3, 0.4) is 0 Å². The summed E-state index contributed by atoms with van der Waals surface area (Å²) < 4.78 is 8.42. The van der Waals surface area contributed by atoms with E-state index in [4.69, 9.17) is 1.37 Å². The molecule has 2 aliphatic carbocycles. The van der Waals surface area contributed by atoms with E-state index < -0.39 is 6.02 Å². The number of nitrogens with zero attached hydrogens (tertiary/aromatic N) is 8. The van der Waals surface area contributed by atoms with Gasteiger partial charge in [0.1, 0.15) is 24.7 Å².